The average Bonchev–Trinajstić information content (AvgIpc) is 2.68. The Hall–Kier alpha value is -1.76. The monoisotopic (exact) mass is 500 g/mol. The molecule has 29 heavy (non-hydrogen) atoms. The second-order valence-electron chi connectivity index (χ2n) is 6.30. The van der Waals surface area contributed by atoms with Gasteiger partial charge in [0.15, 0.2) is 6.61 Å². The van der Waals surface area contributed by atoms with Crippen LogP contribution in [0.25, 0.3) is 0 Å². The third-order valence-electron chi connectivity index (χ3n) is 4.28. The number of amides is 2. The van der Waals surface area contributed by atoms with E-state index in [2.05, 4.69) is 21.2 Å². The first-order chi connectivity index (χ1) is 13.9. The van der Waals surface area contributed by atoms with Gasteiger partial charge >= 0.3 is 0 Å². The van der Waals surface area contributed by atoms with Crippen LogP contribution < -0.4 is 10.1 Å². The van der Waals surface area contributed by atoms with Crippen molar-refractivity contribution in [3.05, 3.63) is 62.5 Å². The van der Waals surface area contributed by atoms with E-state index in [1.54, 1.807) is 24.3 Å². The van der Waals surface area contributed by atoms with Gasteiger partial charge in [0.1, 0.15) is 11.8 Å². The number of nitrogens with zero attached hydrogens (tertiary/aromatic N) is 1. The predicted octanol–water partition coefficient (Wildman–Crippen LogP) is 5.08. The van der Waals surface area contributed by atoms with Crippen molar-refractivity contribution in [3.63, 3.8) is 0 Å². The molecule has 0 unspecified atom stereocenters. The van der Waals surface area contributed by atoms with Crippen LogP contribution in [-0.4, -0.2) is 35.9 Å². The average molecular weight is 502 g/mol. The van der Waals surface area contributed by atoms with Gasteiger partial charge < -0.3 is 15.0 Å². The van der Waals surface area contributed by atoms with Crippen LogP contribution in [0.3, 0.4) is 0 Å². The van der Waals surface area contributed by atoms with E-state index < -0.39 is 6.04 Å². The van der Waals surface area contributed by atoms with Crippen LogP contribution in [0.15, 0.2) is 46.9 Å². The van der Waals surface area contributed by atoms with Gasteiger partial charge in [-0.15, -0.1) is 0 Å². The molecule has 8 heteroatoms. The van der Waals surface area contributed by atoms with Gasteiger partial charge in [-0.2, -0.15) is 0 Å². The molecule has 0 saturated heterocycles. The van der Waals surface area contributed by atoms with E-state index >= 15 is 0 Å². The molecule has 0 aliphatic carbocycles. The summed E-state index contributed by atoms with van der Waals surface area (Å²) < 4.78 is 6.32. The van der Waals surface area contributed by atoms with Crippen LogP contribution >= 0.6 is 39.1 Å². The normalized spacial score (nSPS) is 11.6. The second kappa shape index (κ2) is 11.4. The molecule has 0 saturated carbocycles. The standard InChI is InChI=1S/C21H23BrCl2N2O3/c1-3-18(21(28)25-4-2)26(12-14-7-5-6-8-17(14)24)20(27)13-29-19-10-9-15(23)11-16(19)22/h5-11,18H,3-4,12-13H2,1-2H3,(H,25,28)/t18-/m0/s1. The van der Waals surface area contributed by atoms with Crippen LogP contribution in [0.2, 0.25) is 10.0 Å². The molecule has 0 radical (unpaired) electrons. The van der Waals surface area contributed by atoms with Crippen molar-refractivity contribution in [3.8, 4) is 5.75 Å². The van der Waals surface area contributed by atoms with E-state index in [9.17, 15) is 9.59 Å². The molecule has 0 heterocycles. The molecule has 0 aliphatic heterocycles. The molecule has 0 fully saturated rings. The van der Waals surface area contributed by atoms with Crippen molar-refractivity contribution >= 4 is 50.9 Å². The Bertz CT molecular complexity index is 864. The maximum atomic E-state index is 13.1. The fourth-order valence-corrected chi connectivity index (χ4v) is 3.83. The highest BCUT2D eigenvalue weighted by molar-refractivity contribution is 9.10. The lowest BCUT2D eigenvalue weighted by Crippen LogP contribution is -2.50. The lowest BCUT2D eigenvalue weighted by atomic mass is 10.1. The van der Waals surface area contributed by atoms with Gasteiger partial charge in [-0.1, -0.05) is 48.3 Å². The number of rotatable bonds is 9. The Labute approximate surface area is 189 Å². The quantitative estimate of drug-likeness (QED) is 0.521. The minimum atomic E-state index is -0.629. The number of benzene rings is 2. The summed E-state index contributed by atoms with van der Waals surface area (Å²) in [6.45, 7) is 4.17. The smallest absolute Gasteiger partial charge is 0.261 e. The summed E-state index contributed by atoms with van der Waals surface area (Å²) in [6, 6.07) is 11.7. The first-order valence-electron chi connectivity index (χ1n) is 9.25. The highest BCUT2D eigenvalue weighted by Gasteiger charge is 2.29. The van der Waals surface area contributed by atoms with Crippen LogP contribution in [0, 0.1) is 0 Å². The number of hydrogen-bond donors (Lipinski definition) is 1. The number of hydrogen-bond acceptors (Lipinski definition) is 3. The molecule has 0 bridgehead atoms. The topological polar surface area (TPSA) is 58.6 Å². The van der Waals surface area contributed by atoms with Gasteiger partial charge in [-0.05, 0) is 59.1 Å². The van der Waals surface area contributed by atoms with E-state index in [1.807, 2.05) is 32.0 Å². The zero-order chi connectivity index (χ0) is 21.4. The van der Waals surface area contributed by atoms with Crippen LogP contribution in [0.4, 0.5) is 0 Å². The van der Waals surface area contributed by atoms with Crippen LogP contribution in [0.5, 0.6) is 5.75 Å². The van der Waals surface area contributed by atoms with Crippen molar-refractivity contribution in [2.24, 2.45) is 0 Å². The number of carbonyl (C=O) groups is 2. The Balaban J connectivity index is 2.23. The number of halogens is 3. The molecule has 5 nitrogen and oxygen atoms in total. The lowest BCUT2D eigenvalue weighted by molar-refractivity contribution is -0.142. The summed E-state index contributed by atoms with van der Waals surface area (Å²) in [6.07, 6.45) is 0.465. The Morgan fingerprint density at radius 1 is 1.17 bits per heavy atom. The Morgan fingerprint density at radius 3 is 2.52 bits per heavy atom. The van der Waals surface area contributed by atoms with Gasteiger partial charge in [-0.25, -0.2) is 0 Å². The van der Waals surface area contributed by atoms with Crippen molar-refractivity contribution in [1.29, 1.82) is 0 Å². The van der Waals surface area contributed by atoms with Gasteiger partial charge in [0.25, 0.3) is 5.91 Å². The first-order valence-corrected chi connectivity index (χ1v) is 10.8. The number of carbonyl (C=O) groups excluding carboxylic acids is 2. The third kappa shape index (κ3) is 6.63. The van der Waals surface area contributed by atoms with E-state index in [4.69, 9.17) is 27.9 Å². The summed E-state index contributed by atoms with van der Waals surface area (Å²) in [4.78, 5) is 27.1. The molecule has 2 rings (SSSR count). The lowest BCUT2D eigenvalue weighted by Gasteiger charge is -2.30. The molecular weight excluding hydrogens is 479 g/mol. The number of nitrogens with one attached hydrogen (secondary N) is 1. The minimum absolute atomic E-state index is 0.205. The summed E-state index contributed by atoms with van der Waals surface area (Å²) in [5, 5.41) is 3.89. The van der Waals surface area contributed by atoms with Crippen molar-refractivity contribution in [2.75, 3.05) is 13.2 Å². The summed E-state index contributed by atoms with van der Waals surface area (Å²) in [5.41, 5.74) is 0.762. The molecular formula is C21H23BrCl2N2O3. The van der Waals surface area contributed by atoms with Crippen LogP contribution in [-0.2, 0) is 16.1 Å². The summed E-state index contributed by atoms with van der Waals surface area (Å²) in [7, 11) is 0. The van der Waals surface area contributed by atoms with E-state index in [-0.39, 0.29) is 25.0 Å². The highest BCUT2D eigenvalue weighted by Crippen LogP contribution is 2.28. The summed E-state index contributed by atoms with van der Waals surface area (Å²) >= 11 is 15.6. The van der Waals surface area contributed by atoms with Crippen LogP contribution in [0.1, 0.15) is 25.8 Å². The molecule has 1 N–H and O–H groups in total. The third-order valence-corrected chi connectivity index (χ3v) is 5.50. The molecule has 2 aromatic carbocycles. The minimum Gasteiger partial charge on any atom is -0.483 e. The van der Waals surface area contributed by atoms with E-state index in [0.29, 0.717) is 33.2 Å². The van der Waals surface area contributed by atoms with Crippen molar-refractivity contribution in [1.82, 2.24) is 10.2 Å². The Kier molecular flexibility index (Phi) is 9.27. The van der Waals surface area contributed by atoms with Gasteiger partial charge in [0, 0.05) is 23.1 Å². The molecule has 2 amide bonds. The SMILES string of the molecule is CCNC(=O)[C@H](CC)N(Cc1ccccc1Cl)C(=O)COc1ccc(Cl)cc1Br. The maximum absolute atomic E-state index is 13.1. The second-order valence-corrected chi connectivity index (χ2v) is 7.99. The molecule has 0 aromatic heterocycles. The Morgan fingerprint density at radius 2 is 1.90 bits per heavy atom. The number of ether oxygens (including phenoxy) is 1. The summed E-state index contributed by atoms with van der Waals surface area (Å²) in [5.74, 6) is -0.0283. The predicted molar refractivity (Wildman–Crippen MR) is 119 cm³/mol. The maximum Gasteiger partial charge on any atom is 0.261 e. The number of likely N-dealkylation sites (N-methyl/N-ethyl adjacent to an activating group) is 1. The van der Waals surface area contributed by atoms with Gasteiger partial charge in [-0.3, -0.25) is 9.59 Å². The molecule has 0 spiro atoms. The van der Waals surface area contributed by atoms with Crippen molar-refractivity contribution in [2.45, 2.75) is 32.9 Å². The highest BCUT2D eigenvalue weighted by atomic mass is 79.9. The van der Waals surface area contributed by atoms with E-state index in [0.717, 1.165) is 5.56 Å². The molecule has 2 aromatic rings. The van der Waals surface area contributed by atoms with Crippen molar-refractivity contribution < 1.29 is 14.3 Å². The largest absolute Gasteiger partial charge is 0.483 e. The fraction of sp³-hybridized carbons (Fsp3) is 0.333. The molecule has 0 aliphatic rings. The zero-order valence-corrected chi connectivity index (χ0v) is 19.4. The van der Waals surface area contributed by atoms with E-state index in [1.165, 1.54) is 4.90 Å². The zero-order valence-electron chi connectivity index (χ0n) is 16.3. The molecule has 1 atom stereocenters. The fourth-order valence-electron chi connectivity index (χ4n) is 2.84. The van der Waals surface area contributed by atoms with Gasteiger partial charge in [0.05, 0.1) is 4.47 Å². The van der Waals surface area contributed by atoms with Gasteiger partial charge in [0.2, 0.25) is 5.91 Å². The molecule has 156 valence electrons. The first kappa shape index (κ1) is 23.5.